The van der Waals surface area contributed by atoms with Crippen LogP contribution in [-0.4, -0.2) is 75.0 Å². The topological polar surface area (TPSA) is 103 Å². The van der Waals surface area contributed by atoms with Gasteiger partial charge in [-0.1, -0.05) is 0 Å². The van der Waals surface area contributed by atoms with Crippen molar-refractivity contribution in [2.24, 2.45) is 7.05 Å². The number of hydrogen-bond donors (Lipinski definition) is 2. The Hall–Kier alpha value is -3.10. The fourth-order valence-electron chi connectivity index (χ4n) is 4.60. The van der Waals surface area contributed by atoms with E-state index in [1.54, 1.807) is 28.0 Å². The number of fused-ring (bicyclic) bond motifs is 1. The SMILES string of the molecule is CN1C(=O)CCCN(C(=O)c2cc[nH]c2)CCCNC(=O)c2nn(C)c3c2CC1CC3. The molecule has 1 unspecified atom stereocenters. The van der Waals surface area contributed by atoms with E-state index in [9.17, 15) is 14.4 Å². The lowest BCUT2D eigenvalue weighted by atomic mass is 9.90. The Morgan fingerprint density at radius 1 is 1.16 bits per heavy atom. The molecule has 0 aromatic carbocycles. The molecule has 2 aliphatic rings. The predicted molar refractivity (Wildman–Crippen MR) is 115 cm³/mol. The van der Waals surface area contributed by atoms with Crippen LogP contribution in [0.25, 0.3) is 0 Å². The molecule has 3 amide bonds. The molecule has 9 heteroatoms. The Morgan fingerprint density at radius 3 is 2.74 bits per heavy atom. The Balaban J connectivity index is 1.55. The lowest BCUT2D eigenvalue weighted by Crippen LogP contribution is -2.41. The van der Waals surface area contributed by atoms with Crippen LogP contribution in [0.2, 0.25) is 0 Å². The maximum absolute atomic E-state index is 12.8. The maximum Gasteiger partial charge on any atom is 0.272 e. The first kappa shape index (κ1) is 21.1. The molecular formula is C22H30N6O3. The van der Waals surface area contributed by atoms with Crippen LogP contribution < -0.4 is 5.32 Å². The minimum Gasteiger partial charge on any atom is -0.367 e. The van der Waals surface area contributed by atoms with Gasteiger partial charge in [-0.05, 0) is 38.2 Å². The monoisotopic (exact) mass is 426 g/mol. The van der Waals surface area contributed by atoms with E-state index in [1.807, 2.05) is 19.0 Å². The van der Waals surface area contributed by atoms with E-state index in [0.29, 0.717) is 56.6 Å². The van der Waals surface area contributed by atoms with Gasteiger partial charge in [0.15, 0.2) is 5.69 Å². The number of nitrogens with zero attached hydrogens (tertiary/aromatic N) is 4. The number of rotatable bonds is 1. The van der Waals surface area contributed by atoms with Crippen molar-refractivity contribution in [1.82, 2.24) is 29.9 Å². The number of carbonyl (C=O) groups excluding carboxylic acids is 3. The summed E-state index contributed by atoms with van der Waals surface area (Å²) in [7, 11) is 3.71. The third-order valence-electron chi connectivity index (χ3n) is 6.43. The standard InChI is InChI=1S/C22H30N6O3/c1-26-16-6-7-18-17(13-16)20(25-27(18)2)21(30)24-9-4-12-28(11-3-5-19(26)29)22(31)15-8-10-23-14-15/h8,10,14,16,23H,3-7,9,11-13H2,1-2H3,(H,24,30). The van der Waals surface area contributed by atoms with Gasteiger partial charge >= 0.3 is 0 Å². The summed E-state index contributed by atoms with van der Waals surface area (Å²) in [6.07, 6.45) is 7.34. The van der Waals surface area contributed by atoms with Crippen LogP contribution in [0.15, 0.2) is 18.5 Å². The normalized spacial score (nSPS) is 20.8. The van der Waals surface area contributed by atoms with Gasteiger partial charge in [-0.2, -0.15) is 5.10 Å². The van der Waals surface area contributed by atoms with E-state index in [1.165, 1.54) is 0 Å². The van der Waals surface area contributed by atoms with Crippen LogP contribution >= 0.6 is 0 Å². The highest BCUT2D eigenvalue weighted by molar-refractivity contribution is 5.94. The van der Waals surface area contributed by atoms with Crippen LogP contribution in [0.5, 0.6) is 0 Å². The molecule has 0 saturated heterocycles. The van der Waals surface area contributed by atoms with Crippen LogP contribution in [0.4, 0.5) is 0 Å². The second-order valence-corrected chi connectivity index (χ2v) is 8.40. The van der Waals surface area contributed by atoms with Crippen LogP contribution in [0.1, 0.15) is 57.8 Å². The predicted octanol–water partition coefficient (Wildman–Crippen LogP) is 1.12. The zero-order valence-electron chi connectivity index (χ0n) is 18.2. The largest absolute Gasteiger partial charge is 0.367 e. The summed E-state index contributed by atoms with van der Waals surface area (Å²) >= 11 is 0. The number of nitrogens with one attached hydrogen (secondary N) is 2. The Kier molecular flexibility index (Phi) is 6.11. The van der Waals surface area contributed by atoms with Gasteiger partial charge in [0.2, 0.25) is 5.91 Å². The molecule has 9 nitrogen and oxygen atoms in total. The number of carbonyl (C=O) groups is 3. The minimum absolute atomic E-state index is 0.0541. The van der Waals surface area contributed by atoms with Crippen molar-refractivity contribution < 1.29 is 14.4 Å². The van der Waals surface area contributed by atoms with Crippen molar-refractivity contribution in [3.63, 3.8) is 0 Å². The van der Waals surface area contributed by atoms with Gasteiger partial charge in [0, 0.05) is 69.8 Å². The van der Waals surface area contributed by atoms with E-state index in [0.717, 1.165) is 24.1 Å². The molecule has 31 heavy (non-hydrogen) atoms. The van der Waals surface area contributed by atoms with Gasteiger partial charge in [0.1, 0.15) is 0 Å². The van der Waals surface area contributed by atoms with Crippen molar-refractivity contribution in [2.75, 3.05) is 26.7 Å². The molecular weight excluding hydrogens is 396 g/mol. The van der Waals surface area contributed by atoms with Crippen molar-refractivity contribution in [3.8, 4) is 0 Å². The van der Waals surface area contributed by atoms with E-state index in [2.05, 4.69) is 15.4 Å². The zero-order chi connectivity index (χ0) is 22.0. The van der Waals surface area contributed by atoms with Gasteiger partial charge in [-0.25, -0.2) is 0 Å². The summed E-state index contributed by atoms with van der Waals surface area (Å²) in [6.45, 7) is 1.48. The third kappa shape index (κ3) is 4.35. The van der Waals surface area contributed by atoms with Gasteiger partial charge in [0.05, 0.1) is 5.56 Å². The zero-order valence-corrected chi connectivity index (χ0v) is 18.2. The Morgan fingerprint density at radius 2 is 1.97 bits per heavy atom. The molecule has 2 aromatic heterocycles. The van der Waals surface area contributed by atoms with Crippen molar-refractivity contribution in [3.05, 3.63) is 41.0 Å². The third-order valence-corrected chi connectivity index (χ3v) is 6.43. The van der Waals surface area contributed by atoms with Crippen molar-refractivity contribution in [1.29, 1.82) is 0 Å². The molecule has 0 fully saturated rings. The number of aromatic nitrogens is 3. The number of hydrogen-bond acceptors (Lipinski definition) is 4. The molecule has 0 spiro atoms. The quantitative estimate of drug-likeness (QED) is 0.713. The Bertz CT molecular complexity index is 964. The number of aryl methyl sites for hydroxylation is 1. The summed E-state index contributed by atoms with van der Waals surface area (Å²) in [5, 5.41) is 7.43. The minimum atomic E-state index is -0.190. The molecule has 2 aromatic rings. The first-order valence-corrected chi connectivity index (χ1v) is 11.0. The van der Waals surface area contributed by atoms with Crippen LogP contribution in [0, 0.1) is 0 Å². The molecule has 0 saturated carbocycles. The van der Waals surface area contributed by atoms with Gasteiger partial charge in [0.25, 0.3) is 11.8 Å². The van der Waals surface area contributed by atoms with Gasteiger partial charge in [-0.15, -0.1) is 0 Å². The molecule has 4 rings (SSSR count). The van der Waals surface area contributed by atoms with Crippen LogP contribution in [0.3, 0.4) is 0 Å². The Labute approximate surface area is 181 Å². The summed E-state index contributed by atoms with van der Waals surface area (Å²) in [5.41, 5.74) is 3.09. The first-order chi connectivity index (χ1) is 15.0. The number of aromatic amines is 1. The smallest absolute Gasteiger partial charge is 0.272 e. The van der Waals surface area contributed by atoms with Gasteiger partial charge < -0.3 is 20.1 Å². The summed E-state index contributed by atoms with van der Waals surface area (Å²) < 4.78 is 1.79. The fraction of sp³-hybridized carbons (Fsp3) is 0.545. The average Bonchev–Trinajstić information content (AvgIpc) is 3.42. The van der Waals surface area contributed by atoms with E-state index in [4.69, 9.17) is 0 Å². The maximum atomic E-state index is 12.8. The van der Waals surface area contributed by atoms with Crippen LogP contribution in [-0.2, 0) is 24.7 Å². The molecule has 2 N–H and O–H groups in total. The number of amides is 3. The molecule has 1 atom stereocenters. The number of H-pyrrole nitrogens is 1. The fourth-order valence-corrected chi connectivity index (χ4v) is 4.60. The molecule has 1 aliphatic heterocycles. The van der Waals surface area contributed by atoms with Crippen molar-refractivity contribution in [2.45, 2.75) is 44.6 Å². The highest BCUT2D eigenvalue weighted by Crippen LogP contribution is 2.27. The van der Waals surface area contributed by atoms with Gasteiger partial charge in [-0.3, -0.25) is 19.1 Å². The lowest BCUT2D eigenvalue weighted by molar-refractivity contribution is -0.132. The highest BCUT2D eigenvalue weighted by atomic mass is 16.2. The van der Waals surface area contributed by atoms with E-state index < -0.39 is 0 Å². The molecule has 166 valence electrons. The summed E-state index contributed by atoms with van der Waals surface area (Å²) in [5.74, 6) is -0.178. The molecule has 0 radical (unpaired) electrons. The summed E-state index contributed by atoms with van der Waals surface area (Å²) in [4.78, 5) is 45.0. The lowest BCUT2D eigenvalue weighted by Gasteiger charge is -2.32. The second kappa shape index (κ2) is 8.95. The molecule has 1 aliphatic carbocycles. The highest BCUT2D eigenvalue weighted by Gasteiger charge is 2.31. The van der Waals surface area contributed by atoms with Crippen molar-refractivity contribution >= 4 is 17.7 Å². The average molecular weight is 427 g/mol. The molecule has 3 heterocycles. The van der Waals surface area contributed by atoms with E-state index in [-0.39, 0.29) is 23.8 Å². The van der Waals surface area contributed by atoms with E-state index >= 15 is 0 Å². The molecule has 2 bridgehead atoms. The summed E-state index contributed by atoms with van der Waals surface area (Å²) in [6, 6.07) is 1.80. The first-order valence-electron chi connectivity index (χ1n) is 11.0. The second-order valence-electron chi connectivity index (χ2n) is 8.40. The number of likely N-dealkylation sites (N-methyl/N-ethyl adjacent to an activating group) is 1.